The summed E-state index contributed by atoms with van der Waals surface area (Å²) in [6, 6.07) is 4.56. The van der Waals surface area contributed by atoms with Crippen molar-refractivity contribution >= 4 is 45.4 Å². The molecule has 1 fully saturated rings. The summed E-state index contributed by atoms with van der Waals surface area (Å²) in [4.78, 5) is 18.8. The largest absolute Gasteiger partial charge is 0.477 e. The second kappa shape index (κ2) is 5.11. The first kappa shape index (κ1) is 12.9. The van der Waals surface area contributed by atoms with Crippen molar-refractivity contribution in [2.45, 2.75) is 25.4 Å². The van der Waals surface area contributed by atoms with E-state index in [1.807, 2.05) is 11.4 Å². The average Bonchev–Trinajstić information content (AvgIpc) is 2.93. The Balaban J connectivity index is 1.87. The molecule has 100 valence electrons. The zero-order valence-electron chi connectivity index (χ0n) is 9.88. The van der Waals surface area contributed by atoms with Crippen LogP contribution in [0.1, 0.15) is 27.4 Å². The Morgan fingerprint density at radius 3 is 2.89 bits per heavy atom. The highest BCUT2D eigenvalue weighted by Crippen LogP contribution is 2.38. The van der Waals surface area contributed by atoms with Gasteiger partial charge in [0.25, 0.3) is 0 Å². The van der Waals surface area contributed by atoms with Gasteiger partial charge in [-0.2, -0.15) is 0 Å². The molecule has 19 heavy (non-hydrogen) atoms. The van der Waals surface area contributed by atoms with Crippen LogP contribution in [0.3, 0.4) is 0 Å². The van der Waals surface area contributed by atoms with Crippen molar-refractivity contribution in [1.82, 2.24) is 4.98 Å². The Kier molecular flexibility index (Phi) is 3.47. The van der Waals surface area contributed by atoms with E-state index in [2.05, 4.69) is 16.0 Å². The van der Waals surface area contributed by atoms with Gasteiger partial charge in [0.05, 0.1) is 6.54 Å². The van der Waals surface area contributed by atoms with Crippen molar-refractivity contribution in [2.75, 3.05) is 4.90 Å². The first-order chi connectivity index (χ1) is 9.15. The molecule has 1 aliphatic carbocycles. The van der Waals surface area contributed by atoms with Gasteiger partial charge < -0.3 is 10.0 Å². The maximum Gasteiger partial charge on any atom is 0.349 e. The Labute approximate surface area is 123 Å². The highest BCUT2D eigenvalue weighted by Gasteiger charge is 2.32. The summed E-state index contributed by atoms with van der Waals surface area (Å²) in [7, 11) is 0. The number of aromatic carboxylic acids is 1. The first-order valence-electron chi connectivity index (χ1n) is 5.84. The van der Waals surface area contributed by atoms with Crippen LogP contribution >= 0.6 is 34.3 Å². The minimum absolute atomic E-state index is 0.0873. The van der Waals surface area contributed by atoms with Crippen molar-refractivity contribution in [3.05, 3.63) is 32.4 Å². The monoisotopic (exact) mass is 314 g/mol. The van der Waals surface area contributed by atoms with Crippen LogP contribution in [0.15, 0.2) is 17.5 Å². The topological polar surface area (TPSA) is 53.4 Å². The van der Waals surface area contributed by atoms with Crippen LogP contribution in [0.25, 0.3) is 0 Å². The number of hydrogen-bond acceptors (Lipinski definition) is 5. The van der Waals surface area contributed by atoms with E-state index in [9.17, 15) is 4.79 Å². The molecule has 0 unspecified atom stereocenters. The van der Waals surface area contributed by atoms with Crippen molar-refractivity contribution in [1.29, 1.82) is 0 Å². The highest BCUT2D eigenvalue weighted by molar-refractivity contribution is 7.18. The molecule has 0 radical (unpaired) electrons. The van der Waals surface area contributed by atoms with Crippen LogP contribution in [0.4, 0.5) is 5.13 Å². The fourth-order valence-corrected chi connectivity index (χ4v) is 3.75. The Bertz CT molecular complexity index is 593. The van der Waals surface area contributed by atoms with Crippen molar-refractivity contribution in [3.63, 3.8) is 0 Å². The number of nitrogens with zero attached hydrogens (tertiary/aromatic N) is 2. The number of halogens is 1. The predicted molar refractivity (Wildman–Crippen MR) is 77.6 cm³/mol. The Morgan fingerprint density at radius 1 is 1.58 bits per heavy atom. The lowest BCUT2D eigenvalue weighted by Crippen LogP contribution is -2.24. The zero-order valence-corrected chi connectivity index (χ0v) is 12.3. The molecule has 0 spiro atoms. The Hall–Kier alpha value is -1.11. The van der Waals surface area contributed by atoms with Crippen LogP contribution in [-0.2, 0) is 6.54 Å². The number of thiazole rings is 1. The Morgan fingerprint density at radius 2 is 2.37 bits per heavy atom. The minimum Gasteiger partial charge on any atom is -0.477 e. The molecular formula is C12H11ClN2O2S2. The molecule has 2 aromatic rings. The van der Waals surface area contributed by atoms with Gasteiger partial charge in [0.15, 0.2) is 15.2 Å². The minimum atomic E-state index is -1.01. The van der Waals surface area contributed by atoms with Gasteiger partial charge in [-0.3, -0.25) is 0 Å². The molecule has 0 amide bonds. The number of carbonyl (C=O) groups is 1. The molecule has 0 aromatic carbocycles. The van der Waals surface area contributed by atoms with Gasteiger partial charge in [0.2, 0.25) is 0 Å². The quantitative estimate of drug-likeness (QED) is 0.913. The summed E-state index contributed by atoms with van der Waals surface area (Å²) < 4.78 is 0. The van der Waals surface area contributed by atoms with Gasteiger partial charge in [-0.15, -0.1) is 11.3 Å². The molecule has 1 N–H and O–H groups in total. The number of carboxylic acids is 1. The summed E-state index contributed by atoms with van der Waals surface area (Å²) in [5, 5.41) is 11.9. The third-order valence-electron chi connectivity index (χ3n) is 2.91. The van der Waals surface area contributed by atoms with Crippen molar-refractivity contribution in [3.8, 4) is 0 Å². The molecule has 7 heteroatoms. The normalized spacial score (nSPS) is 14.6. The maximum atomic E-state index is 11.0. The molecule has 0 saturated heterocycles. The summed E-state index contributed by atoms with van der Waals surface area (Å²) in [5.74, 6) is -1.01. The number of carboxylic acid groups (broad SMARTS) is 1. The number of aromatic nitrogens is 1. The van der Waals surface area contributed by atoms with Gasteiger partial charge in [-0.05, 0) is 24.3 Å². The first-order valence-corrected chi connectivity index (χ1v) is 7.91. The number of hydrogen-bond donors (Lipinski definition) is 1. The molecule has 2 heterocycles. The fraction of sp³-hybridized carbons (Fsp3) is 0.333. The summed E-state index contributed by atoms with van der Waals surface area (Å²) in [6.07, 6.45) is 2.26. The lowest BCUT2D eigenvalue weighted by Gasteiger charge is -2.20. The zero-order chi connectivity index (χ0) is 13.4. The number of thiophene rings is 1. The molecule has 0 aliphatic heterocycles. The van der Waals surface area contributed by atoms with Gasteiger partial charge in [0.1, 0.15) is 0 Å². The van der Waals surface area contributed by atoms with E-state index < -0.39 is 5.97 Å². The van der Waals surface area contributed by atoms with Crippen LogP contribution in [0.5, 0.6) is 0 Å². The van der Waals surface area contributed by atoms with E-state index in [0.29, 0.717) is 11.2 Å². The maximum absolute atomic E-state index is 11.0. The second-order valence-corrected chi connectivity index (χ2v) is 6.73. The van der Waals surface area contributed by atoms with Gasteiger partial charge in [-0.1, -0.05) is 29.0 Å². The van der Waals surface area contributed by atoms with Crippen LogP contribution < -0.4 is 4.90 Å². The molecule has 0 atom stereocenters. The lowest BCUT2D eigenvalue weighted by atomic mass is 10.4. The summed E-state index contributed by atoms with van der Waals surface area (Å²) in [5.41, 5.74) is 0. The summed E-state index contributed by atoms with van der Waals surface area (Å²) in [6.45, 7) is 0.769. The van der Waals surface area contributed by atoms with Gasteiger partial charge >= 0.3 is 5.97 Å². The lowest BCUT2D eigenvalue weighted by molar-refractivity contribution is 0.0702. The molecule has 0 bridgehead atoms. The van der Waals surface area contributed by atoms with E-state index in [1.54, 1.807) is 11.3 Å². The molecule has 1 saturated carbocycles. The number of rotatable bonds is 5. The molecule has 3 rings (SSSR count). The molecule has 4 nitrogen and oxygen atoms in total. The molecule has 1 aliphatic rings. The van der Waals surface area contributed by atoms with Crippen LogP contribution in [-0.4, -0.2) is 22.1 Å². The van der Waals surface area contributed by atoms with E-state index in [4.69, 9.17) is 16.7 Å². The fourth-order valence-electron chi connectivity index (χ4n) is 1.86. The van der Waals surface area contributed by atoms with E-state index in [0.717, 1.165) is 30.7 Å². The van der Waals surface area contributed by atoms with E-state index in [-0.39, 0.29) is 10.0 Å². The predicted octanol–water partition coefficient (Wildman–Crippen LogP) is 3.73. The van der Waals surface area contributed by atoms with Crippen LogP contribution in [0.2, 0.25) is 5.15 Å². The second-order valence-electron chi connectivity index (χ2n) is 4.36. The highest BCUT2D eigenvalue weighted by atomic mass is 35.5. The molecule has 2 aromatic heterocycles. The van der Waals surface area contributed by atoms with E-state index in [1.165, 1.54) is 4.88 Å². The van der Waals surface area contributed by atoms with Crippen molar-refractivity contribution in [2.24, 2.45) is 0 Å². The molecular weight excluding hydrogens is 304 g/mol. The SMILES string of the molecule is O=C(O)c1sc(N(Cc2cccs2)C2CC2)nc1Cl. The standard InChI is InChI=1S/C12H11ClN2O2S2/c13-10-9(11(16)17)19-12(14-10)15(7-3-4-7)6-8-2-1-5-18-8/h1-2,5,7H,3-4,6H2,(H,16,17). The number of anilines is 1. The smallest absolute Gasteiger partial charge is 0.349 e. The third-order valence-corrected chi connectivity index (χ3v) is 5.24. The van der Waals surface area contributed by atoms with Crippen molar-refractivity contribution < 1.29 is 9.90 Å². The van der Waals surface area contributed by atoms with Crippen LogP contribution in [0, 0.1) is 0 Å². The third kappa shape index (κ3) is 2.75. The average molecular weight is 315 g/mol. The van der Waals surface area contributed by atoms with Gasteiger partial charge in [-0.25, -0.2) is 9.78 Å². The van der Waals surface area contributed by atoms with Gasteiger partial charge in [0, 0.05) is 10.9 Å². The summed E-state index contributed by atoms with van der Waals surface area (Å²) >= 11 is 8.73. The van der Waals surface area contributed by atoms with E-state index >= 15 is 0 Å².